The number of carbonyl (C=O) groups excluding carboxylic acids is 1. The van der Waals surface area contributed by atoms with E-state index in [4.69, 9.17) is 4.74 Å². The lowest BCUT2D eigenvalue weighted by Gasteiger charge is -2.22. The van der Waals surface area contributed by atoms with Crippen molar-refractivity contribution in [2.75, 3.05) is 25.5 Å². The summed E-state index contributed by atoms with van der Waals surface area (Å²) in [7, 11) is 0. The number of phenols is 1. The van der Waals surface area contributed by atoms with Crippen LogP contribution in [0.5, 0.6) is 5.75 Å². The van der Waals surface area contributed by atoms with Gasteiger partial charge in [-0.15, -0.1) is 11.8 Å². The summed E-state index contributed by atoms with van der Waals surface area (Å²) in [6.07, 6.45) is 2.17. The Morgan fingerprint density at radius 1 is 1.45 bits per heavy atom. The van der Waals surface area contributed by atoms with Crippen molar-refractivity contribution in [2.45, 2.75) is 18.9 Å². The van der Waals surface area contributed by atoms with Gasteiger partial charge in [0.25, 0.3) is 0 Å². The van der Waals surface area contributed by atoms with Crippen molar-refractivity contribution in [3.63, 3.8) is 0 Å². The van der Waals surface area contributed by atoms with E-state index in [9.17, 15) is 9.90 Å². The van der Waals surface area contributed by atoms with E-state index in [1.54, 1.807) is 12.1 Å². The van der Waals surface area contributed by atoms with Crippen molar-refractivity contribution in [1.82, 2.24) is 5.32 Å². The zero-order valence-electron chi connectivity index (χ0n) is 12.3. The number of ether oxygens (including phenoxy) is 1. The van der Waals surface area contributed by atoms with Crippen molar-refractivity contribution in [1.29, 1.82) is 0 Å². The van der Waals surface area contributed by atoms with Crippen molar-refractivity contribution in [2.24, 2.45) is 10.9 Å². The first kappa shape index (κ1) is 15.4. The first-order chi connectivity index (χ1) is 10.7. The highest BCUT2D eigenvalue weighted by molar-refractivity contribution is 8.14. The van der Waals surface area contributed by atoms with Gasteiger partial charge in [-0.2, -0.15) is 0 Å². The number of carbonyl (C=O) groups is 1. The summed E-state index contributed by atoms with van der Waals surface area (Å²) in [4.78, 5) is 16.7. The number of rotatable bonds is 4. The van der Waals surface area contributed by atoms with Gasteiger partial charge in [0.2, 0.25) is 5.91 Å². The van der Waals surface area contributed by atoms with Gasteiger partial charge in [0.05, 0.1) is 6.61 Å². The maximum Gasteiger partial charge on any atom is 0.245 e. The summed E-state index contributed by atoms with van der Waals surface area (Å²) in [5.74, 6) is 1.20. The van der Waals surface area contributed by atoms with E-state index in [1.807, 2.05) is 12.1 Å². The molecular weight excluding hydrogens is 300 g/mol. The minimum atomic E-state index is -0.371. The number of nitrogens with one attached hydrogen (secondary N) is 1. The van der Waals surface area contributed by atoms with Crippen LogP contribution in [0.3, 0.4) is 0 Å². The zero-order valence-corrected chi connectivity index (χ0v) is 13.1. The Morgan fingerprint density at radius 3 is 3.09 bits per heavy atom. The molecule has 0 spiro atoms. The van der Waals surface area contributed by atoms with Crippen molar-refractivity contribution < 1.29 is 14.6 Å². The number of hydrogen-bond acceptors (Lipinski definition) is 5. The number of para-hydroxylation sites is 1. The Kier molecular flexibility index (Phi) is 5.00. The van der Waals surface area contributed by atoms with E-state index < -0.39 is 0 Å². The summed E-state index contributed by atoms with van der Waals surface area (Å²) in [6.45, 7) is 2.21. The van der Waals surface area contributed by atoms with Gasteiger partial charge in [-0.25, -0.2) is 0 Å². The van der Waals surface area contributed by atoms with Crippen LogP contribution < -0.4 is 5.32 Å². The molecule has 1 fully saturated rings. The van der Waals surface area contributed by atoms with Crippen LogP contribution in [0.25, 0.3) is 0 Å². The molecule has 2 atom stereocenters. The van der Waals surface area contributed by atoms with Gasteiger partial charge in [-0.05, 0) is 30.9 Å². The van der Waals surface area contributed by atoms with E-state index in [0.717, 1.165) is 31.1 Å². The molecule has 1 aromatic rings. The highest BCUT2D eigenvalue weighted by atomic mass is 32.2. The van der Waals surface area contributed by atoms with Crippen molar-refractivity contribution in [3.05, 3.63) is 29.8 Å². The molecule has 1 amide bonds. The SMILES string of the molecule is O=C(NC[C@H]1CCCOC1)[C@H]1CSC(c2ccccc2O)=N1. The second-order valence-electron chi connectivity index (χ2n) is 5.61. The molecule has 2 N–H and O–H groups in total. The van der Waals surface area contributed by atoms with Crippen LogP contribution >= 0.6 is 11.8 Å². The minimum absolute atomic E-state index is 0.0384. The summed E-state index contributed by atoms with van der Waals surface area (Å²) in [5, 5.41) is 13.6. The maximum absolute atomic E-state index is 12.2. The Labute approximate surface area is 134 Å². The van der Waals surface area contributed by atoms with Gasteiger partial charge in [0, 0.05) is 24.5 Å². The number of amides is 1. The van der Waals surface area contributed by atoms with Crippen LogP contribution in [-0.2, 0) is 9.53 Å². The predicted molar refractivity (Wildman–Crippen MR) is 87.4 cm³/mol. The number of hydrogen-bond donors (Lipinski definition) is 2. The number of benzene rings is 1. The second kappa shape index (κ2) is 7.15. The molecular formula is C16H20N2O3S. The lowest BCUT2D eigenvalue weighted by Crippen LogP contribution is -2.38. The number of aromatic hydroxyl groups is 1. The first-order valence-corrected chi connectivity index (χ1v) is 8.57. The number of thioether (sulfide) groups is 1. The first-order valence-electron chi connectivity index (χ1n) is 7.58. The Hall–Kier alpha value is -1.53. The van der Waals surface area contributed by atoms with Crippen LogP contribution in [0.1, 0.15) is 18.4 Å². The molecule has 0 radical (unpaired) electrons. The molecule has 2 aliphatic heterocycles. The Balaban J connectivity index is 1.56. The summed E-state index contributed by atoms with van der Waals surface area (Å²) in [6, 6.07) is 6.71. The normalized spacial score (nSPS) is 24.8. The van der Waals surface area contributed by atoms with Crippen molar-refractivity contribution >= 4 is 22.7 Å². The molecule has 1 saturated heterocycles. The van der Waals surface area contributed by atoms with Gasteiger partial charge in [-0.3, -0.25) is 9.79 Å². The Morgan fingerprint density at radius 2 is 2.32 bits per heavy atom. The number of phenolic OH excluding ortho intramolecular Hbond substituents is 1. The smallest absolute Gasteiger partial charge is 0.245 e. The topological polar surface area (TPSA) is 70.9 Å². The van der Waals surface area contributed by atoms with Crippen LogP contribution in [0.2, 0.25) is 0 Å². The molecule has 3 rings (SSSR count). The van der Waals surface area contributed by atoms with Crippen LogP contribution in [0.15, 0.2) is 29.3 Å². The standard InChI is InChI=1S/C16H20N2O3S/c19-14-6-2-1-5-12(14)16-18-13(10-22-16)15(20)17-8-11-4-3-7-21-9-11/h1-2,5-6,11,13,19H,3-4,7-10H2,(H,17,20)/t11-,13-/m1/s1. The van der Waals surface area contributed by atoms with Crippen LogP contribution in [0.4, 0.5) is 0 Å². The maximum atomic E-state index is 12.2. The predicted octanol–water partition coefficient (Wildman–Crippen LogP) is 1.80. The van der Waals surface area contributed by atoms with Crippen LogP contribution in [-0.4, -0.2) is 47.6 Å². The van der Waals surface area contributed by atoms with E-state index >= 15 is 0 Å². The molecule has 1 aromatic carbocycles. The molecule has 0 saturated carbocycles. The molecule has 0 aliphatic carbocycles. The highest BCUT2D eigenvalue weighted by Crippen LogP contribution is 2.28. The third-order valence-electron chi connectivity index (χ3n) is 3.91. The molecule has 0 aromatic heterocycles. The van der Waals surface area contributed by atoms with Gasteiger partial charge in [-0.1, -0.05) is 12.1 Å². The van der Waals surface area contributed by atoms with E-state index in [2.05, 4.69) is 10.3 Å². The molecule has 118 valence electrons. The summed E-state index contributed by atoms with van der Waals surface area (Å²) in [5.41, 5.74) is 0.698. The minimum Gasteiger partial charge on any atom is -0.507 e. The monoisotopic (exact) mass is 320 g/mol. The number of nitrogens with zero attached hydrogens (tertiary/aromatic N) is 1. The number of aliphatic imine (C=N–C) groups is 1. The van der Waals surface area contributed by atoms with Gasteiger partial charge in [0.15, 0.2) is 0 Å². The fourth-order valence-corrected chi connectivity index (χ4v) is 3.71. The van der Waals surface area contributed by atoms with E-state index in [0.29, 0.717) is 23.8 Å². The molecule has 0 unspecified atom stereocenters. The summed E-state index contributed by atoms with van der Waals surface area (Å²) >= 11 is 1.51. The molecule has 2 aliphatic rings. The third kappa shape index (κ3) is 3.62. The van der Waals surface area contributed by atoms with Gasteiger partial charge in [0.1, 0.15) is 16.8 Å². The fraction of sp³-hybridized carbons (Fsp3) is 0.500. The molecule has 5 nitrogen and oxygen atoms in total. The van der Waals surface area contributed by atoms with Crippen LogP contribution in [0, 0.1) is 5.92 Å². The second-order valence-corrected chi connectivity index (χ2v) is 6.62. The van der Waals surface area contributed by atoms with Gasteiger partial charge < -0.3 is 15.2 Å². The summed E-state index contributed by atoms with van der Waals surface area (Å²) < 4.78 is 5.42. The zero-order chi connectivity index (χ0) is 15.4. The fourth-order valence-electron chi connectivity index (χ4n) is 2.64. The molecule has 22 heavy (non-hydrogen) atoms. The van der Waals surface area contributed by atoms with E-state index in [-0.39, 0.29) is 17.7 Å². The lowest BCUT2D eigenvalue weighted by molar-refractivity contribution is -0.122. The molecule has 0 bridgehead atoms. The molecule has 2 heterocycles. The lowest BCUT2D eigenvalue weighted by atomic mass is 10.0. The van der Waals surface area contributed by atoms with Gasteiger partial charge >= 0.3 is 0 Å². The van der Waals surface area contributed by atoms with Crippen molar-refractivity contribution in [3.8, 4) is 5.75 Å². The average molecular weight is 320 g/mol. The Bertz CT molecular complexity index is 570. The van der Waals surface area contributed by atoms with E-state index in [1.165, 1.54) is 11.8 Å². The quantitative estimate of drug-likeness (QED) is 0.887. The molecule has 6 heteroatoms. The third-order valence-corrected chi connectivity index (χ3v) is 4.99. The largest absolute Gasteiger partial charge is 0.507 e. The average Bonchev–Trinajstić information content (AvgIpc) is 3.04. The highest BCUT2D eigenvalue weighted by Gasteiger charge is 2.27.